The number of nitrogens with two attached hydrogens (primary N) is 1. The van der Waals surface area contributed by atoms with E-state index >= 15 is 0 Å². The molecule has 3 aromatic heterocycles. The van der Waals surface area contributed by atoms with E-state index in [4.69, 9.17) is 26.7 Å². The second-order valence-corrected chi connectivity index (χ2v) is 14.5. The molecule has 1 aliphatic heterocycles. The number of hydrogen-bond acceptors (Lipinski definition) is 7. The number of pyridine rings is 2. The van der Waals surface area contributed by atoms with Gasteiger partial charge in [-0.15, -0.1) is 0 Å². The normalized spacial score (nSPS) is 19.5. The molecule has 2 N–H and O–H groups in total. The Hall–Kier alpha value is -3.57. The third kappa shape index (κ3) is 4.92. The molecule has 1 amide bonds. The molecule has 42 heavy (non-hydrogen) atoms. The summed E-state index contributed by atoms with van der Waals surface area (Å²) in [5.41, 5.74) is 7.73. The van der Waals surface area contributed by atoms with Crippen molar-refractivity contribution in [3.8, 4) is 11.1 Å². The number of nitrogens with zero attached hydrogens (tertiary/aromatic N) is 3. The molecule has 0 bridgehead atoms. The zero-order valence-electron chi connectivity index (χ0n) is 23.4. The number of amides is 1. The van der Waals surface area contributed by atoms with Gasteiger partial charge in [-0.1, -0.05) is 51.3 Å². The largest absolute Gasteiger partial charge is 0.420 e. The zero-order valence-corrected chi connectivity index (χ0v) is 25.0. The minimum atomic E-state index is -3.83. The number of fused-ring (bicyclic) bond motifs is 2. The van der Waals surface area contributed by atoms with Gasteiger partial charge in [0.05, 0.1) is 56.6 Å². The molecule has 220 valence electrons. The van der Waals surface area contributed by atoms with Crippen molar-refractivity contribution >= 4 is 38.4 Å². The number of sulfone groups is 1. The standard InChI is InChI=1S/C30H30ClFN4O5S/c1-15(2)8-21-25(28(33)37)24(26-27(35-21)30(3,11-16-4-5-16)14-42(26,39)40)17-6-7-22-23(9-17)41-29(38)36(22)13-18-10-19(31)20(32)12-34-18/h6-7,9-10,12,15-16H,4-5,8,11,13-14H2,1-3H3,(H2,33,37). The van der Waals surface area contributed by atoms with Gasteiger partial charge in [0.1, 0.15) is 0 Å². The monoisotopic (exact) mass is 612 g/mol. The highest BCUT2D eigenvalue weighted by atomic mass is 35.5. The van der Waals surface area contributed by atoms with Crippen LogP contribution in [0.25, 0.3) is 22.2 Å². The maximum absolute atomic E-state index is 13.8. The smallest absolute Gasteiger partial charge is 0.408 e. The molecule has 0 spiro atoms. The van der Waals surface area contributed by atoms with E-state index in [1.807, 2.05) is 20.8 Å². The van der Waals surface area contributed by atoms with E-state index in [1.54, 1.807) is 18.2 Å². The molecule has 6 rings (SSSR count). The van der Waals surface area contributed by atoms with Gasteiger partial charge in [0.2, 0.25) is 0 Å². The summed E-state index contributed by atoms with van der Waals surface area (Å²) in [6, 6.07) is 6.14. The van der Waals surface area contributed by atoms with E-state index < -0.39 is 32.7 Å². The van der Waals surface area contributed by atoms with Gasteiger partial charge in [0.15, 0.2) is 21.2 Å². The molecule has 4 heterocycles. The van der Waals surface area contributed by atoms with Crippen LogP contribution < -0.4 is 11.5 Å². The van der Waals surface area contributed by atoms with Crippen LogP contribution in [0.15, 0.2) is 44.6 Å². The number of hydrogen-bond donors (Lipinski definition) is 1. The SMILES string of the molecule is CC(C)Cc1nc2c(c(-c3ccc4c(c3)oc(=O)n4Cc3cc(Cl)c(F)cn3)c1C(N)=O)S(=O)(=O)CC2(C)CC1CC1. The molecule has 1 fully saturated rings. The summed E-state index contributed by atoms with van der Waals surface area (Å²) in [6.07, 6.45) is 4.22. The lowest BCUT2D eigenvalue weighted by molar-refractivity contribution is 0.0999. The van der Waals surface area contributed by atoms with Crippen molar-refractivity contribution in [2.24, 2.45) is 17.6 Å². The summed E-state index contributed by atoms with van der Waals surface area (Å²) in [5, 5.41) is -0.124. The number of aromatic nitrogens is 3. The lowest BCUT2D eigenvalue weighted by Gasteiger charge is -2.25. The quantitative estimate of drug-likeness (QED) is 0.294. The summed E-state index contributed by atoms with van der Waals surface area (Å²) in [4.78, 5) is 34.8. The lowest BCUT2D eigenvalue weighted by atomic mass is 9.81. The molecular weight excluding hydrogens is 583 g/mol. The van der Waals surface area contributed by atoms with Crippen LogP contribution in [0, 0.1) is 17.7 Å². The number of oxazole rings is 1. The van der Waals surface area contributed by atoms with Gasteiger partial charge in [0.25, 0.3) is 5.91 Å². The van der Waals surface area contributed by atoms with E-state index in [2.05, 4.69) is 4.98 Å². The average molecular weight is 613 g/mol. The van der Waals surface area contributed by atoms with E-state index in [0.717, 1.165) is 19.0 Å². The number of carbonyl (C=O) groups is 1. The third-order valence-electron chi connectivity index (χ3n) is 8.05. The predicted octanol–water partition coefficient (Wildman–Crippen LogP) is 5.03. The van der Waals surface area contributed by atoms with Crippen LogP contribution in [0.3, 0.4) is 0 Å². The minimum absolute atomic E-state index is 0.0261. The molecule has 4 aromatic rings. The Morgan fingerprint density at radius 2 is 2.02 bits per heavy atom. The summed E-state index contributed by atoms with van der Waals surface area (Å²) in [7, 11) is -3.83. The first-order valence-electron chi connectivity index (χ1n) is 13.8. The van der Waals surface area contributed by atoms with Crippen LogP contribution in [0.1, 0.15) is 67.5 Å². The zero-order chi connectivity index (χ0) is 30.1. The third-order valence-corrected chi connectivity index (χ3v) is 10.4. The minimum Gasteiger partial charge on any atom is -0.408 e. The molecule has 12 heteroatoms. The number of benzene rings is 1. The molecule has 1 aliphatic carbocycles. The highest BCUT2D eigenvalue weighted by molar-refractivity contribution is 7.92. The van der Waals surface area contributed by atoms with Crippen LogP contribution in [0.5, 0.6) is 0 Å². The lowest BCUT2D eigenvalue weighted by Crippen LogP contribution is -2.27. The van der Waals surface area contributed by atoms with Gasteiger partial charge in [-0.2, -0.15) is 0 Å². The van der Waals surface area contributed by atoms with Crippen LogP contribution >= 0.6 is 11.6 Å². The van der Waals surface area contributed by atoms with Crippen molar-refractivity contribution in [2.45, 2.75) is 63.3 Å². The van der Waals surface area contributed by atoms with Gasteiger partial charge >= 0.3 is 5.76 Å². The Morgan fingerprint density at radius 3 is 2.67 bits per heavy atom. The Balaban J connectivity index is 1.57. The number of primary amides is 1. The van der Waals surface area contributed by atoms with Crippen molar-refractivity contribution in [3.05, 3.63) is 74.5 Å². The second-order valence-electron chi connectivity index (χ2n) is 12.1. The van der Waals surface area contributed by atoms with Crippen LogP contribution in [0.4, 0.5) is 4.39 Å². The molecule has 0 saturated heterocycles. The molecular formula is C30H30ClFN4O5S. The van der Waals surface area contributed by atoms with Gasteiger partial charge in [-0.25, -0.2) is 17.6 Å². The summed E-state index contributed by atoms with van der Waals surface area (Å²) in [5.74, 6) is -1.68. The first kappa shape index (κ1) is 28.5. The van der Waals surface area contributed by atoms with Gasteiger partial charge < -0.3 is 10.2 Å². The highest BCUT2D eigenvalue weighted by Crippen LogP contribution is 2.51. The van der Waals surface area contributed by atoms with Crippen molar-refractivity contribution in [1.82, 2.24) is 14.5 Å². The van der Waals surface area contributed by atoms with Gasteiger partial charge in [-0.05, 0) is 48.4 Å². The van der Waals surface area contributed by atoms with Crippen molar-refractivity contribution in [3.63, 3.8) is 0 Å². The topological polar surface area (TPSA) is 138 Å². The summed E-state index contributed by atoms with van der Waals surface area (Å²) >= 11 is 5.89. The first-order chi connectivity index (χ1) is 19.8. The summed E-state index contributed by atoms with van der Waals surface area (Å²) < 4.78 is 48.1. The molecule has 1 unspecified atom stereocenters. The molecule has 0 radical (unpaired) electrons. The predicted molar refractivity (Wildman–Crippen MR) is 156 cm³/mol. The Bertz CT molecular complexity index is 1950. The second kappa shape index (κ2) is 10.0. The molecule has 1 saturated carbocycles. The van der Waals surface area contributed by atoms with E-state index in [0.29, 0.717) is 46.9 Å². The maximum atomic E-state index is 13.8. The van der Waals surface area contributed by atoms with Crippen LogP contribution in [-0.2, 0) is 28.2 Å². The van der Waals surface area contributed by atoms with Gasteiger partial charge in [-0.3, -0.25) is 19.3 Å². The number of rotatable bonds is 8. The van der Waals surface area contributed by atoms with Crippen LogP contribution in [-0.4, -0.2) is 34.6 Å². The Labute approximate surface area is 246 Å². The fourth-order valence-electron chi connectivity index (χ4n) is 6.15. The Kier molecular flexibility index (Phi) is 6.81. The summed E-state index contributed by atoms with van der Waals surface area (Å²) in [6.45, 7) is 5.89. The fraction of sp³-hybridized carbons (Fsp3) is 0.400. The molecule has 2 aliphatic rings. The van der Waals surface area contributed by atoms with E-state index in [-0.39, 0.29) is 44.8 Å². The fourth-order valence-corrected chi connectivity index (χ4v) is 8.68. The maximum Gasteiger partial charge on any atom is 0.420 e. The van der Waals surface area contributed by atoms with Gasteiger partial charge in [0, 0.05) is 11.0 Å². The van der Waals surface area contributed by atoms with Crippen molar-refractivity contribution in [2.75, 3.05) is 5.75 Å². The van der Waals surface area contributed by atoms with Crippen molar-refractivity contribution in [1.29, 1.82) is 0 Å². The highest BCUT2D eigenvalue weighted by Gasteiger charge is 2.50. The Morgan fingerprint density at radius 1 is 1.29 bits per heavy atom. The number of carbonyl (C=O) groups excluding carboxylic acids is 1. The number of halogens is 2. The average Bonchev–Trinajstić information content (AvgIpc) is 3.61. The molecule has 1 aromatic carbocycles. The van der Waals surface area contributed by atoms with Crippen LogP contribution in [0.2, 0.25) is 5.02 Å². The van der Waals surface area contributed by atoms with E-state index in [1.165, 1.54) is 10.6 Å². The molecule has 9 nitrogen and oxygen atoms in total. The van der Waals surface area contributed by atoms with Crippen molar-refractivity contribution < 1.29 is 22.0 Å². The molecule has 1 atom stereocenters. The van der Waals surface area contributed by atoms with E-state index in [9.17, 15) is 22.4 Å². The first-order valence-corrected chi connectivity index (χ1v) is 15.8.